The van der Waals surface area contributed by atoms with Gasteiger partial charge in [-0.25, -0.2) is 0 Å². The van der Waals surface area contributed by atoms with Gasteiger partial charge in [0.05, 0.1) is 13.2 Å². The van der Waals surface area contributed by atoms with E-state index in [0.29, 0.717) is 39.6 Å². The summed E-state index contributed by atoms with van der Waals surface area (Å²) in [7, 11) is 0. The smallest absolute Gasteiger partial charge is 1.00 e. The summed E-state index contributed by atoms with van der Waals surface area (Å²) in [6.07, 6.45) is 0. The van der Waals surface area contributed by atoms with Crippen molar-refractivity contribution in [2.75, 3.05) is 65.8 Å². The van der Waals surface area contributed by atoms with E-state index in [1.54, 1.807) is 0 Å². The minimum Gasteiger partial charge on any atom is -1.00 e. The predicted octanol–water partition coefficient (Wildman–Crippen LogP) is -3.03. The van der Waals surface area contributed by atoms with Gasteiger partial charge in [0.15, 0.2) is 0 Å². The van der Waals surface area contributed by atoms with Crippen LogP contribution in [0.2, 0.25) is 0 Å². The molecule has 0 aromatic rings. The molecule has 0 amide bonds. The third-order valence-electron chi connectivity index (χ3n) is 1.95. The van der Waals surface area contributed by atoms with Gasteiger partial charge in [-0.05, 0) is 0 Å². The van der Waals surface area contributed by atoms with Gasteiger partial charge in [0.25, 0.3) is 0 Å². The normalized spacial score (nSPS) is 20.0. The average Bonchev–Trinajstić information content (AvgIpc) is 2.27. The third kappa shape index (κ3) is 16.7. The van der Waals surface area contributed by atoms with Gasteiger partial charge in [0, 0.05) is 26.4 Å². The minimum absolute atomic E-state index is 0. The molecule has 1 aliphatic heterocycles. The fourth-order valence-electron chi connectivity index (χ4n) is 1.16. The maximum Gasteiger partial charge on any atom is 4.00 e. The second kappa shape index (κ2) is 20.1. The van der Waals surface area contributed by atoms with E-state index >= 15 is 0 Å². The monoisotopic (exact) mass is 464 g/mol. The van der Waals surface area contributed by atoms with Gasteiger partial charge in [-0.15, -0.1) is 26.2 Å². The molecule has 1 aliphatic rings. The van der Waals surface area contributed by atoms with Gasteiger partial charge in [-0.2, -0.15) is 0 Å². The molecule has 6 nitrogen and oxygen atoms in total. The maximum atomic E-state index is 5.34. The number of hydrogen-bond donors (Lipinski definition) is 0. The van der Waals surface area contributed by atoms with E-state index in [1.807, 2.05) is 0 Å². The van der Waals surface area contributed by atoms with E-state index in [0.717, 1.165) is 26.2 Å². The molecule has 0 unspecified atom stereocenters. The Morgan fingerprint density at radius 2 is 0.833 bits per heavy atom. The van der Waals surface area contributed by atoms with Crippen LogP contribution in [0, 0.1) is 0 Å². The molecule has 0 aliphatic carbocycles. The molecule has 8 heteroatoms. The van der Waals surface area contributed by atoms with Crippen molar-refractivity contribution in [3.8, 4) is 0 Å². The molecule has 1 saturated heterocycles. The van der Waals surface area contributed by atoms with E-state index in [2.05, 4.69) is 10.6 Å². The Balaban J connectivity index is -0.000000750. The largest absolute Gasteiger partial charge is 4.00 e. The molecule has 112 valence electrons. The van der Waals surface area contributed by atoms with Crippen LogP contribution >= 0.6 is 0 Å². The van der Waals surface area contributed by atoms with E-state index in [4.69, 9.17) is 14.2 Å². The Kier molecular flexibility index (Phi) is 26.5. The van der Waals surface area contributed by atoms with Gasteiger partial charge in [-0.3, -0.25) is 0 Å². The SMILES string of the molecule is C1COCC[N-]CCOCCOCC[N-]1.O.[Cl-].[Pt+4]. The van der Waals surface area contributed by atoms with Crippen LogP contribution in [-0.2, 0) is 35.3 Å². The van der Waals surface area contributed by atoms with Crippen molar-refractivity contribution in [1.82, 2.24) is 0 Å². The van der Waals surface area contributed by atoms with Crippen molar-refractivity contribution in [3.63, 3.8) is 0 Å². The standard InChI is InChI=1S/C10H20N2O3.ClH.H2O.Pt/c1-5-13-6-2-12-4-8-15-10-9-14-7-3-11-1;;;/h1-10H2;1H;1H2;/q-2;;;+4/p-1. The zero-order valence-corrected chi connectivity index (χ0v) is 13.4. The fraction of sp³-hybridized carbons (Fsp3) is 1.00. The summed E-state index contributed by atoms with van der Waals surface area (Å²) in [5.41, 5.74) is 0. The molecule has 1 heterocycles. The van der Waals surface area contributed by atoms with Crippen molar-refractivity contribution in [2.45, 2.75) is 0 Å². The summed E-state index contributed by atoms with van der Waals surface area (Å²) in [6.45, 7) is 7.00. The van der Waals surface area contributed by atoms with Gasteiger partial charge < -0.3 is 42.7 Å². The van der Waals surface area contributed by atoms with E-state index < -0.39 is 0 Å². The number of ether oxygens (including phenoxy) is 3. The second-order valence-corrected chi connectivity index (χ2v) is 3.18. The van der Waals surface area contributed by atoms with Gasteiger partial charge in [0.1, 0.15) is 0 Å². The van der Waals surface area contributed by atoms with Gasteiger partial charge in [0.2, 0.25) is 0 Å². The first kappa shape index (κ1) is 23.8. The Morgan fingerprint density at radius 1 is 0.556 bits per heavy atom. The van der Waals surface area contributed by atoms with Crippen LogP contribution in [0.15, 0.2) is 0 Å². The van der Waals surface area contributed by atoms with Crippen LogP contribution in [0.5, 0.6) is 0 Å². The van der Waals surface area contributed by atoms with Crippen LogP contribution in [0.4, 0.5) is 0 Å². The van der Waals surface area contributed by atoms with Crippen LogP contribution < -0.4 is 12.4 Å². The van der Waals surface area contributed by atoms with Crippen molar-refractivity contribution in [2.24, 2.45) is 0 Å². The van der Waals surface area contributed by atoms with Crippen LogP contribution in [0.3, 0.4) is 0 Å². The Hall–Kier alpha value is 0.738. The summed E-state index contributed by atoms with van der Waals surface area (Å²) < 4.78 is 16.0. The van der Waals surface area contributed by atoms with Crippen LogP contribution in [-0.4, -0.2) is 71.3 Å². The first-order valence-electron chi connectivity index (χ1n) is 5.50. The summed E-state index contributed by atoms with van der Waals surface area (Å²) in [4.78, 5) is 0. The summed E-state index contributed by atoms with van der Waals surface area (Å²) in [6, 6.07) is 0. The Labute approximate surface area is 129 Å². The first-order valence-corrected chi connectivity index (χ1v) is 5.50. The van der Waals surface area contributed by atoms with Gasteiger partial charge >= 0.3 is 21.1 Å². The molecule has 0 atom stereocenters. The average molecular weight is 465 g/mol. The molecule has 0 spiro atoms. The second-order valence-electron chi connectivity index (χ2n) is 3.18. The Bertz CT molecular complexity index is 90.4. The summed E-state index contributed by atoms with van der Waals surface area (Å²) >= 11 is 0. The van der Waals surface area contributed by atoms with Crippen molar-refractivity contribution < 1.29 is 53.2 Å². The molecular weight excluding hydrogens is 443 g/mol. The summed E-state index contributed by atoms with van der Waals surface area (Å²) in [5, 5.41) is 8.52. The molecule has 18 heavy (non-hydrogen) atoms. The molecule has 0 bridgehead atoms. The summed E-state index contributed by atoms with van der Waals surface area (Å²) in [5.74, 6) is 0. The molecule has 1 fully saturated rings. The van der Waals surface area contributed by atoms with Crippen molar-refractivity contribution in [3.05, 3.63) is 10.6 Å². The number of halogens is 1. The van der Waals surface area contributed by atoms with E-state index in [1.165, 1.54) is 0 Å². The zero-order chi connectivity index (χ0) is 10.6. The predicted molar refractivity (Wildman–Crippen MR) is 62.3 cm³/mol. The van der Waals surface area contributed by atoms with E-state index in [9.17, 15) is 0 Å². The topological polar surface area (TPSA) is 87.4 Å². The number of nitrogens with zero attached hydrogens (tertiary/aromatic N) is 2. The van der Waals surface area contributed by atoms with Crippen molar-refractivity contribution >= 4 is 0 Å². The molecule has 0 aromatic carbocycles. The third-order valence-corrected chi connectivity index (χ3v) is 1.95. The molecule has 0 saturated carbocycles. The van der Waals surface area contributed by atoms with Crippen LogP contribution in [0.1, 0.15) is 0 Å². The zero-order valence-electron chi connectivity index (χ0n) is 10.4. The molecule has 0 aromatic heterocycles. The quantitative estimate of drug-likeness (QED) is 0.382. The Morgan fingerprint density at radius 3 is 1.17 bits per heavy atom. The molecule has 1 rings (SSSR count). The molecule has 2 N–H and O–H groups in total. The van der Waals surface area contributed by atoms with Crippen molar-refractivity contribution in [1.29, 1.82) is 0 Å². The van der Waals surface area contributed by atoms with Gasteiger partial charge in [-0.1, -0.05) is 0 Å². The van der Waals surface area contributed by atoms with Crippen LogP contribution in [0.25, 0.3) is 10.6 Å². The maximum absolute atomic E-state index is 5.34. The fourth-order valence-corrected chi connectivity index (χ4v) is 1.16. The molecule has 0 radical (unpaired) electrons. The van der Waals surface area contributed by atoms with E-state index in [-0.39, 0.29) is 38.9 Å². The first-order chi connectivity index (χ1) is 7.50. The number of rotatable bonds is 0. The minimum atomic E-state index is 0. The molecular formula is C10H22ClN2O4Pt+. The number of hydrogen-bond acceptors (Lipinski definition) is 3.